The van der Waals surface area contributed by atoms with Crippen LogP contribution in [0.5, 0.6) is 0 Å². The van der Waals surface area contributed by atoms with Gasteiger partial charge in [-0.25, -0.2) is 0 Å². The van der Waals surface area contributed by atoms with Crippen LogP contribution in [-0.2, 0) is 16.1 Å². The summed E-state index contributed by atoms with van der Waals surface area (Å²) in [6.07, 6.45) is 1.69. The highest BCUT2D eigenvalue weighted by Gasteiger charge is 2.33. The molecule has 1 fully saturated rings. The summed E-state index contributed by atoms with van der Waals surface area (Å²) in [6, 6.07) is 3.79. The van der Waals surface area contributed by atoms with Gasteiger partial charge in [-0.1, -0.05) is 0 Å². The van der Waals surface area contributed by atoms with Crippen LogP contribution in [0, 0.1) is 0 Å². The molecule has 0 bridgehead atoms. The topological polar surface area (TPSA) is 65.5 Å². The molecule has 2 amide bonds. The van der Waals surface area contributed by atoms with Gasteiger partial charge in [0.1, 0.15) is 0 Å². The molecule has 108 valence electrons. The molecule has 0 unspecified atom stereocenters. The smallest absolute Gasteiger partial charge is 0.312 e. The number of rotatable bonds is 4. The van der Waals surface area contributed by atoms with E-state index in [1.807, 2.05) is 33.0 Å². The first-order valence-corrected chi connectivity index (χ1v) is 6.75. The predicted molar refractivity (Wildman–Crippen MR) is 76.0 cm³/mol. The maximum absolute atomic E-state index is 12.1. The van der Waals surface area contributed by atoms with Gasteiger partial charge in [-0.15, -0.1) is 0 Å². The average molecular weight is 276 g/mol. The number of carbonyl (C=O) groups is 2. The lowest BCUT2D eigenvalue weighted by atomic mass is 10.2. The summed E-state index contributed by atoms with van der Waals surface area (Å²) in [7, 11) is 1.83. The van der Waals surface area contributed by atoms with Crippen LogP contribution in [-0.4, -0.2) is 52.8 Å². The first-order valence-electron chi connectivity index (χ1n) is 6.75. The van der Waals surface area contributed by atoms with Crippen molar-refractivity contribution in [3.8, 4) is 0 Å². The van der Waals surface area contributed by atoms with Crippen molar-refractivity contribution < 1.29 is 9.59 Å². The van der Waals surface area contributed by atoms with Gasteiger partial charge < -0.3 is 15.1 Å². The number of nitrogens with zero attached hydrogens (tertiary/aromatic N) is 3. The van der Waals surface area contributed by atoms with E-state index in [0.717, 1.165) is 11.4 Å². The van der Waals surface area contributed by atoms with Gasteiger partial charge in [-0.3, -0.25) is 14.6 Å². The zero-order valence-electron chi connectivity index (χ0n) is 12.1. The number of piperazine rings is 1. The molecule has 0 spiro atoms. The second-order valence-corrected chi connectivity index (χ2v) is 5.10. The van der Waals surface area contributed by atoms with Crippen LogP contribution < -0.4 is 5.32 Å². The van der Waals surface area contributed by atoms with E-state index in [0.29, 0.717) is 19.6 Å². The molecule has 1 aromatic heterocycles. The Kier molecular flexibility index (Phi) is 4.22. The van der Waals surface area contributed by atoms with E-state index in [1.54, 1.807) is 16.0 Å². The second kappa shape index (κ2) is 5.90. The lowest BCUT2D eigenvalue weighted by Gasteiger charge is -2.35. The molecule has 1 N–H and O–H groups in total. The highest BCUT2D eigenvalue weighted by atomic mass is 16.2. The third-order valence-electron chi connectivity index (χ3n) is 3.42. The Balaban J connectivity index is 2.07. The molecule has 2 rings (SSSR count). The van der Waals surface area contributed by atoms with Gasteiger partial charge in [-0.05, 0) is 26.0 Å². The zero-order chi connectivity index (χ0) is 14.7. The lowest BCUT2D eigenvalue weighted by Crippen LogP contribution is -2.55. The van der Waals surface area contributed by atoms with Gasteiger partial charge in [0.25, 0.3) is 0 Å². The number of carbonyl (C=O) groups excluding carboxylic acids is 2. The molecule has 20 heavy (non-hydrogen) atoms. The van der Waals surface area contributed by atoms with Crippen LogP contribution in [0.3, 0.4) is 0 Å². The molecule has 6 heteroatoms. The molecular weight excluding hydrogens is 256 g/mol. The third kappa shape index (κ3) is 2.89. The number of pyridine rings is 1. The Morgan fingerprint density at radius 1 is 1.30 bits per heavy atom. The molecule has 0 aromatic carbocycles. The zero-order valence-corrected chi connectivity index (χ0v) is 12.1. The first-order chi connectivity index (χ1) is 9.52. The molecule has 2 heterocycles. The highest BCUT2D eigenvalue weighted by molar-refractivity contribution is 6.35. The summed E-state index contributed by atoms with van der Waals surface area (Å²) in [5.41, 5.74) is 1.71. The fourth-order valence-corrected chi connectivity index (χ4v) is 2.25. The van der Waals surface area contributed by atoms with Gasteiger partial charge in [0.2, 0.25) is 0 Å². The number of hydrogen-bond donors (Lipinski definition) is 1. The highest BCUT2D eigenvalue weighted by Crippen LogP contribution is 2.13. The molecule has 1 aliphatic heterocycles. The van der Waals surface area contributed by atoms with Crippen LogP contribution in [0.4, 0.5) is 5.69 Å². The average Bonchev–Trinajstić information content (AvgIpc) is 2.44. The quantitative estimate of drug-likeness (QED) is 0.822. The molecular formula is C14H20N4O2. The van der Waals surface area contributed by atoms with E-state index >= 15 is 0 Å². The molecule has 1 saturated heterocycles. The minimum Gasteiger partial charge on any atom is -0.388 e. The molecule has 0 aliphatic carbocycles. The van der Waals surface area contributed by atoms with Gasteiger partial charge in [-0.2, -0.15) is 0 Å². The fourth-order valence-electron chi connectivity index (χ4n) is 2.25. The van der Waals surface area contributed by atoms with E-state index < -0.39 is 11.8 Å². The second-order valence-electron chi connectivity index (χ2n) is 5.10. The van der Waals surface area contributed by atoms with E-state index in [-0.39, 0.29) is 6.04 Å². The summed E-state index contributed by atoms with van der Waals surface area (Å²) in [6.45, 7) is 5.33. The SMILES string of the molecule is CNc1ccnc(CN2CCN(C(C)C)C(=O)C2=O)c1. The largest absolute Gasteiger partial charge is 0.388 e. The predicted octanol–water partition coefficient (Wildman–Crippen LogP) is 0.702. The monoisotopic (exact) mass is 276 g/mol. The van der Waals surface area contributed by atoms with Crippen molar-refractivity contribution in [1.82, 2.24) is 14.8 Å². The maximum Gasteiger partial charge on any atom is 0.312 e. The molecule has 0 atom stereocenters. The minimum atomic E-state index is -0.443. The minimum absolute atomic E-state index is 0.0549. The molecule has 0 saturated carbocycles. The fraction of sp³-hybridized carbons (Fsp3) is 0.500. The van der Waals surface area contributed by atoms with Crippen molar-refractivity contribution in [1.29, 1.82) is 0 Å². The summed E-state index contributed by atoms with van der Waals surface area (Å²) >= 11 is 0. The molecule has 1 aromatic rings. The van der Waals surface area contributed by atoms with Crippen LogP contribution >= 0.6 is 0 Å². The normalized spacial score (nSPS) is 16.0. The Hall–Kier alpha value is -2.11. The van der Waals surface area contributed by atoms with Crippen molar-refractivity contribution in [2.45, 2.75) is 26.4 Å². The van der Waals surface area contributed by atoms with Crippen molar-refractivity contribution in [2.24, 2.45) is 0 Å². The van der Waals surface area contributed by atoms with Crippen molar-refractivity contribution in [3.05, 3.63) is 24.0 Å². The van der Waals surface area contributed by atoms with Crippen molar-refractivity contribution >= 4 is 17.5 Å². The molecule has 0 radical (unpaired) electrons. The molecule has 6 nitrogen and oxygen atoms in total. The van der Waals surface area contributed by atoms with E-state index in [4.69, 9.17) is 0 Å². The lowest BCUT2D eigenvalue weighted by molar-refractivity contribution is -0.157. The van der Waals surface area contributed by atoms with Gasteiger partial charge >= 0.3 is 11.8 Å². The van der Waals surface area contributed by atoms with E-state index in [9.17, 15) is 9.59 Å². The number of anilines is 1. The van der Waals surface area contributed by atoms with Crippen LogP contribution in [0.2, 0.25) is 0 Å². The molecule has 1 aliphatic rings. The standard InChI is InChI=1S/C14H20N4O2/c1-10(2)18-7-6-17(13(19)14(18)20)9-12-8-11(15-3)4-5-16-12/h4-5,8,10H,6-7,9H2,1-3H3,(H,15,16). The van der Waals surface area contributed by atoms with Gasteiger partial charge in [0, 0.05) is 38.1 Å². The Labute approximate surface area is 118 Å². The van der Waals surface area contributed by atoms with E-state index in [2.05, 4.69) is 10.3 Å². The van der Waals surface area contributed by atoms with Crippen LogP contribution in [0.1, 0.15) is 19.5 Å². The van der Waals surface area contributed by atoms with Crippen molar-refractivity contribution in [3.63, 3.8) is 0 Å². The summed E-state index contributed by atoms with van der Waals surface area (Å²) < 4.78 is 0. The van der Waals surface area contributed by atoms with E-state index in [1.165, 1.54) is 0 Å². The first kappa shape index (κ1) is 14.3. The Bertz CT molecular complexity index is 516. The van der Waals surface area contributed by atoms with Gasteiger partial charge in [0.15, 0.2) is 0 Å². The maximum atomic E-state index is 12.1. The summed E-state index contributed by atoms with van der Waals surface area (Å²) in [5.74, 6) is -0.863. The number of hydrogen-bond acceptors (Lipinski definition) is 4. The number of nitrogens with one attached hydrogen (secondary N) is 1. The van der Waals surface area contributed by atoms with Crippen LogP contribution in [0.25, 0.3) is 0 Å². The number of aromatic nitrogens is 1. The van der Waals surface area contributed by atoms with Crippen molar-refractivity contribution in [2.75, 3.05) is 25.5 Å². The van der Waals surface area contributed by atoms with Gasteiger partial charge in [0.05, 0.1) is 12.2 Å². The summed E-state index contributed by atoms with van der Waals surface area (Å²) in [4.78, 5) is 31.5. The third-order valence-corrected chi connectivity index (χ3v) is 3.42. The number of amides is 2. The Morgan fingerprint density at radius 2 is 2.05 bits per heavy atom. The van der Waals surface area contributed by atoms with Crippen LogP contribution in [0.15, 0.2) is 18.3 Å². The Morgan fingerprint density at radius 3 is 2.70 bits per heavy atom. The summed E-state index contributed by atoms with van der Waals surface area (Å²) in [5, 5.41) is 3.03.